The van der Waals surface area contributed by atoms with E-state index < -0.39 is 0 Å². The van der Waals surface area contributed by atoms with Gasteiger partial charge in [-0.2, -0.15) is 0 Å². The summed E-state index contributed by atoms with van der Waals surface area (Å²) in [5.41, 5.74) is 1.20. The van der Waals surface area contributed by atoms with E-state index >= 15 is 0 Å². The van der Waals surface area contributed by atoms with Crippen LogP contribution in [0.3, 0.4) is 0 Å². The van der Waals surface area contributed by atoms with Crippen molar-refractivity contribution in [2.45, 2.75) is 39.0 Å². The monoisotopic (exact) mass is 296 g/mol. The van der Waals surface area contributed by atoms with Crippen LogP contribution in [0.5, 0.6) is 0 Å². The van der Waals surface area contributed by atoms with Gasteiger partial charge in [0, 0.05) is 24.2 Å². The second kappa shape index (κ2) is 7.41. The van der Waals surface area contributed by atoms with Gasteiger partial charge in [0.15, 0.2) is 0 Å². The van der Waals surface area contributed by atoms with Crippen LogP contribution < -0.4 is 5.32 Å². The molecule has 1 aliphatic heterocycles. The van der Waals surface area contributed by atoms with Crippen molar-refractivity contribution < 1.29 is 4.74 Å². The third-order valence-electron chi connectivity index (χ3n) is 3.86. The van der Waals surface area contributed by atoms with Crippen molar-refractivity contribution in [2.24, 2.45) is 0 Å². The van der Waals surface area contributed by atoms with Crippen molar-refractivity contribution in [3.05, 3.63) is 34.9 Å². The second-order valence-corrected chi connectivity index (χ2v) is 6.02. The molecule has 3 nitrogen and oxygen atoms in total. The van der Waals surface area contributed by atoms with Crippen LogP contribution in [0.4, 0.5) is 0 Å². The largest absolute Gasteiger partial charge is 0.374 e. The van der Waals surface area contributed by atoms with Crippen LogP contribution in [0.2, 0.25) is 5.02 Å². The van der Waals surface area contributed by atoms with Crippen LogP contribution in [0, 0.1) is 0 Å². The Kier molecular flexibility index (Phi) is 5.85. The average molecular weight is 297 g/mol. The van der Waals surface area contributed by atoms with Gasteiger partial charge in [-0.3, -0.25) is 4.90 Å². The van der Waals surface area contributed by atoms with E-state index in [9.17, 15) is 0 Å². The Morgan fingerprint density at radius 1 is 1.45 bits per heavy atom. The summed E-state index contributed by atoms with van der Waals surface area (Å²) in [4.78, 5) is 2.48. The molecule has 0 spiro atoms. The molecule has 1 N–H and O–H groups in total. The van der Waals surface area contributed by atoms with Gasteiger partial charge in [-0.25, -0.2) is 0 Å². The van der Waals surface area contributed by atoms with Gasteiger partial charge in [-0.15, -0.1) is 0 Å². The highest BCUT2D eigenvalue weighted by atomic mass is 35.5. The zero-order chi connectivity index (χ0) is 14.5. The number of ether oxygens (including phenoxy) is 1. The summed E-state index contributed by atoms with van der Waals surface area (Å²) in [6.45, 7) is 10.3. The summed E-state index contributed by atoms with van der Waals surface area (Å²) >= 11 is 6.13. The minimum Gasteiger partial charge on any atom is -0.374 e. The summed E-state index contributed by atoms with van der Waals surface area (Å²) < 4.78 is 6.02. The van der Waals surface area contributed by atoms with Crippen molar-refractivity contribution in [1.29, 1.82) is 0 Å². The molecular formula is C16H25ClN2O. The van der Waals surface area contributed by atoms with Gasteiger partial charge in [0.1, 0.15) is 0 Å². The van der Waals surface area contributed by atoms with E-state index in [1.54, 1.807) is 0 Å². The summed E-state index contributed by atoms with van der Waals surface area (Å²) in [5, 5.41) is 4.32. The number of benzene rings is 1. The number of nitrogens with one attached hydrogen (secondary N) is 1. The van der Waals surface area contributed by atoms with E-state index in [1.807, 2.05) is 18.2 Å². The molecule has 2 unspecified atom stereocenters. The standard InChI is InChI=1S/C16H25ClN2O/c1-4-18-16(13-6-5-7-14(17)10-13)15-11-19(12(2)3)8-9-20-15/h5-7,10,12,15-16,18H,4,8-9,11H2,1-3H3. The SMILES string of the molecule is CCNC(c1cccc(Cl)c1)C1CN(C(C)C)CCO1. The smallest absolute Gasteiger partial charge is 0.0897 e. The quantitative estimate of drug-likeness (QED) is 0.903. The van der Waals surface area contributed by atoms with Crippen molar-refractivity contribution in [2.75, 3.05) is 26.2 Å². The molecule has 2 atom stereocenters. The zero-order valence-corrected chi connectivity index (χ0v) is 13.4. The molecule has 0 bridgehead atoms. The van der Waals surface area contributed by atoms with Crippen molar-refractivity contribution in [1.82, 2.24) is 10.2 Å². The van der Waals surface area contributed by atoms with Gasteiger partial charge in [0.05, 0.1) is 18.8 Å². The highest BCUT2D eigenvalue weighted by Gasteiger charge is 2.29. The van der Waals surface area contributed by atoms with E-state index in [2.05, 4.69) is 37.1 Å². The summed E-state index contributed by atoms with van der Waals surface area (Å²) in [7, 11) is 0. The first-order chi connectivity index (χ1) is 9.61. The van der Waals surface area contributed by atoms with Crippen LogP contribution in [-0.4, -0.2) is 43.3 Å². The molecule has 0 radical (unpaired) electrons. The van der Waals surface area contributed by atoms with Gasteiger partial charge in [-0.1, -0.05) is 30.7 Å². The normalized spacial score (nSPS) is 22.1. The van der Waals surface area contributed by atoms with Crippen molar-refractivity contribution >= 4 is 11.6 Å². The first kappa shape index (κ1) is 15.8. The molecular weight excluding hydrogens is 272 g/mol. The summed E-state index contributed by atoms with van der Waals surface area (Å²) in [6, 6.07) is 8.83. The van der Waals surface area contributed by atoms with Gasteiger partial charge in [0.2, 0.25) is 0 Å². The molecule has 1 aromatic carbocycles. The number of hydrogen-bond acceptors (Lipinski definition) is 3. The molecule has 1 aromatic rings. The third kappa shape index (κ3) is 3.95. The average Bonchev–Trinajstić information content (AvgIpc) is 2.45. The first-order valence-corrected chi connectivity index (χ1v) is 7.84. The van der Waals surface area contributed by atoms with Crippen molar-refractivity contribution in [3.63, 3.8) is 0 Å². The second-order valence-electron chi connectivity index (χ2n) is 5.59. The number of hydrogen-bond donors (Lipinski definition) is 1. The molecule has 112 valence electrons. The van der Waals surface area contributed by atoms with E-state index in [0.29, 0.717) is 6.04 Å². The van der Waals surface area contributed by atoms with E-state index in [4.69, 9.17) is 16.3 Å². The van der Waals surface area contributed by atoms with Gasteiger partial charge < -0.3 is 10.1 Å². The highest BCUT2D eigenvalue weighted by molar-refractivity contribution is 6.30. The lowest BCUT2D eigenvalue weighted by Gasteiger charge is -2.39. The molecule has 1 heterocycles. The third-order valence-corrected chi connectivity index (χ3v) is 4.09. The topological polar surface area (TPSA) is 24.5 Å². The van der Waals surface area contributed by atoms with E-state index in [-0.39, 0.29) is 12.1 Å². The van der Waals surface area contributed by atoms with Crippen molar-refractivity contribution in [3.8, 4) is 0 Å². The lowest BCUT2D eigenvalue weighted by molar-refractivity contribution is -0.0558. The molecule has 1 aliphatic rings. The molecule has 0 aromatic heterocycles. The Hall–Kier alpha value is -0.610. The van der Waals surface area contributed by atoms with E-state index in [0.717, 1.165) is 31.3 Å². The first-order valence-electron chi connectivity index (χ1n) is 7.46. The maximum absolute atomic E-state index is 6.13. The maximum Gasteiger partial charge on any atom is 0.0897 e. The van der Waals surface area contributed by atoms with Crippen LogP contribution in [0.1, 0.15) is 32.4 Å². The van der Waals surface area contributed by atoms with Gasteiger partial charge in [-0.05, 0) is 38.1 Å². The lowest BCUT2D eigenvalue weighted by atomic mass is 9.99. The number of likely N-dealkylation sites (N-methyl/N-ethyl adjacent to an activating group) is 1. The fourth-order valence-corrected chi connectivity index (χ4v) is 2.95. The highest BCUT2D eigenvalue weighted by Crippen LogP contribution is 2.25. The minimum absolute atomic E-state index is 0.171. The zero-order valence-electron chi connectivity index (χ0n) is 12.6. The number of nitrogens with zero attached hydrogens (tertiary/aromatic N) is 1. The Labute approximate surface area is 127 Å². The number of halogens is 1. The molecule has 0 aliphatic carbocycles. The fraction of sp³-hybridized carbons (Fsp3) is 0.625. The molecule has 0 amide bonds. The van der Waals surface area contributed by atoms with Crippen LogP contribution in [0.25, 0.3) is 0 Å². The Balaban J connectivity index is 2.15. The minimum atomic E-state index is 0.171. The molecule has 1 fully saturated rings. The Bertz CT molecular complexity index is 425. The summed E-state index contributed by atoms with van der Waals surface area (Å²) in [6.07, 6.45) is 0.171. The Morgan fingerprint density at radius 2 is 2.25 bits per heavy atom. The lowest BCUT2D eigenvalue weighted by Crippen LogP contribution is -2.50. The number of rotatable bonds is 5. The molecule has 1 saturated heterocycles. The van der Waals surface area contributed by atoms with Gasteiger partial charge in [0.25, 0.3) is 0 Å². The molecule has 20 heavy (non-hydrogen) atoms. The predicted molar refractivity (Wildman–Crippen MR) is 84.3 cm³/mol. The Morgan fingerprint density at radius 3 is 2.90 bits per heavy atom. The van der Waals surface area contributed by atoms with Crippen LogP contribution in [-0.2, 0) is 4.74 Å². The van der Waals surface area contributed by atoms with Gasteiger partial charge >= 0.3 is 0 Å². The van der Waals surface area contributed by atoms with Crippen LogP contribution in [0.15, 0.2) is 24.3 Å². The number of morpholine rings is 1. The summed E-state index contributed by atoms with van der Waals surface area (Å²) in [5.74, 6) is 0. The maximum atomic E-state index is 6.13. The molecule has 2 rings (SSSR count). The predicted octanol–water partition coefficient (Wildman–Crippen LogP) is 3.10. The molecule has 4 heteroatoms. The fourth-order valence-electron chi connectivity index (χ4n) is 2.75. The molecule has 0 saturated carbocycles. The van der Waals surface area contributed by atoms with E-state index in [1.165, 1.54) is 5.56 Å². The van der Waals surface area contributed by atoms with Crippen LogP contribution >= 0.6 is 11.6 Å².